The molecule has 2 rings (SSSR count). The van der Waals surface area contributed by atoms with Crippen LogP contribution in [0, 0.1) is 0 Å². The van der Waals surface area contributed by atoms with E-state index in [0.29, 0.717) is 17.3 Å². The van der Waals surface area contributed by atoms with Gasteiger partial charge in [-0.15, -0.1) is 5.10 Å². The number of esters is 1. The van der Waals surface area contributed by atoms with Crippen LogP contribution in [0.5, 0.6) is 0 Å². The molecule has 18 heavy (non-hydrogen) atoms. The van der Waals surface area contributed by atoms with Crippen LogP contribution in [0.4, 0.5) is 0 Å². The lowest BCUT2D eigenvalue weighted by molar-refractivity contribution is 0.0599. The molecule has 1 heterocycles. The van der Waals surface area contributed by atoms with Crippen molar-refractivity contribution in [3.63, 3.8) is 0 Å². The van der Waals surface area contributed by atoms with Crippen molar-refractivity contribution in [3.8, 4) is 0 Å². The number of benzene rings is 1. The van der Waals surface area contributed by atoms with Crippen molar-refractivity contribution in [1.82, 2.24) is 14.8 Å². The molecule has 1 aromatic heterocycles. The molecule has 94 valence electrons. The maximum Gasteiger partial charge on any atom is 0.338 e. The van der Waals surface area contributed by atoms with Crippen molar-refractivity contribution in [2.24, 2.45) is 0 Å². The Labute approximate surface area is 109 Å². The third-order valence-corrected chi connectivity index (χ3v) is 3.01. The Balaban J connectivity index is 2.25. The second kappa shape index (κ2) is 5.68. The zero-order chi connectivity index (χ0) is 13.0. The standard InChI is InChI=1S/C12H13N3O2S/c1-17-11(16)10-6-4-3-5-9(10)7-15-8-13-12(14-15)18-2/h3-6,8H,7H2,1-2H3. The predicted molar refractivity (Wildman–Crippen MR) is 68.7 cm³/mol. The zero-order valence-corrected chi connectivity index (χ0v) is 11.0. The first-order valence-electron chi connectivity index (χ1n) is 5.34. The molecule has 5 nitrogen and oxygen atoms in total. The van der Waals surface area contributed by atoms with Gasteiger partial charge in [0.1, 0.15) is 6.33 Å². The Kier molecular flexibility index (Phi) is 3.99. The van der Waals surface area contributed by atoms with E-state index >= 15 is 0 Å². The molecule has 1 aromatic carbocycles. The average molecular weight is 263 g/mol. The molecule has 0 saturated carbocycles. The van der Waals surface area contributed by atoms with E-state index < -0.39 is 0 Å². The van der Waals surface area contributed by atoms with Gasteiger partial charge in [0.15, 0.2) is 0 Å². The Morgan fingerprint density at radius 3 is 2.89 bits per heavy atom. The summed E-state index contributed by atoms with van der Waals surface area (Å²) in [6.07, 6.45) is 3.57. The highest BCUT2D eigenvalue weighted by molar-refractivity contribution is 7.98. The SMILES string of the molecule is COC(=O)c1ccccc1Cn1cnc(SC)n1. The van der Waals surface area contributed by atoms with E-state index in [4.69, 9.17) is 4.74 Å². The monoisotopic (exact) mass is 263 g/mol. The van der Waals surface area contributed by atoms with Crippen LogP contribution in [0.25, 0.3) is 0 Å². The van der Waals surface area contributed by atoms with Crippen molar-refractivity contribution >= 4 is 17.7 Å². The highest BCUT2D eigenvalue weighted by atomic mass is 32.2. The molecule has 6 heteroatoms. The van der Waals surface area contributed by atoms with Crippen LogP contribution >= 0.6 is 11.8 Å². The van der Waals surface area contributed by atoms with Crippen LogP contribution in [0.3, 0.4) is 0 Å². The number of methoxy groups -OCH3 is 1. The van der Waals surface area contributed by atoms with Crippen molar-refractivity contribution in [2.45, 2.75) is 11.7 Å². The van der Waals surface area contributed by atoms with Gasteiger partial charge in [0.2, 0.25) is 5.16 Å². The molecule has 0 fully saturated rings. The van der Waals surface area contributed by atoms with Gasteiger partial charge in [-0.3, -0.25) is 0 Å². The molecule has 0 atom stereocenters. The lowest BCUT2D eigenvalue weighted by Crippen LogP contribution is -2.09. The van der Waals surface area contributed by atoms with Crippen molar-refractivity contribution in [1.29, 1.82) is 0 Å². The summed E-state index contributed by atoms with van der Waals surface area (Å²) in [7, 11) is 1.38. The van der Waals surface area contributed by atoms with E-state index in [1.807, 2.05) is 24.5 Å². The van der Waals surface area contributed by atoms with E-state index in [-0.39, 0.29) is 5.97 Å². The lowest BCUT2D eigenvalue weighted by atomic mass is 10.1. The summed E-state index contributed by atoms with van der Waals surface area (Å²) in [4.78, 5) is 15.7. The number of nitrogens with zero attached hydrogens (tertiary/aromatic N) is 3. The second-order valence-electron chi connectivity index (χ2n) is 3.58. The number of hydrogen-bond acceptors (Lipinski definition) is 5. The minimum Gasteiger partial charge on any atom is -0.465 e. The fourth-order valence-electron chi connectivity index (χ4n) is 1.59. The first-order valence-corrected chi connectivity index (χ1v) is 6.56. The Morgan fingerprint density at radius 1 is 1.44 bits per heavy atom. The molecule has 0 unspecified atom stereocenters. The molecule has 0 aliphatic heterocycles. The molecular weight excluding hydrogens is 250 g/mol. The molecule has 0 N–H and O–H groups in total. The first kappa shape index (κ1) is 12.6. The zero-order valence-electron chi connectivity index (χ0n) is 10.2. The highest BCUT2D eigenvalue weighted by Gasteiger charge is 2.11. The smallest absolute Gasteiger partial charge is 0.338 e. The average Bonchev–Trinajstić information content (AvgIpc) is 2.86. The molecule has 0 bridgehead atoms. The van der Waals surface area contributed by atoms with E-state index in [2.05, 4.69) is 10.1 Å². The molecule has 0 spiro atoms. The highest BCUT2D eigenvalue weighted by Crippen LogP contribution is 2.13. The molecule has 0 saturated heterocycles. The van der Waals surface area contributed by atoms with E-state index in [1.165, 1.54) is 18.9 Å². The fraction of sp³-hybridized carbons (Fsp3) is 0.250. The van der Waals surface area contributed by atoms with E-state index in [9.17, 15) is 4.79 Å². The van der Waals surface area contributed by atoms with Crippen LogP contribution in [-0.4, -0.2) is 34.1 Å². The maximum atomic E-state index is 11.6. The molecule has 2 aromatic rings. The fourth-order valence-corrected chi connectivity index (χ4v) is 1.93. The molecule has 0 aliphatic carbocycles. The van der Waals surface area contributed by atoms with Gasteiger partial charge >= 0.3 is 5.97 Å². The number of hydrogen-bond donors (Lipinski definition) is 0. The summed E-state index contributed by atoms with van der Waals surface area (Å²) in [6, 6.07) is 7.32. The summed E-state index contributed by atoms with van der Waals surface area (Å²) in [5.74, 6) is -0.337. The number of aromatic nitrogens is 3. The van der Waals surface area contributed by atoms with E-state index in [0.717, 1.165) is 5.56 Å². The third kappa shape index (κ3) is 2.70. The van der Waals surface area contributed by atoms with Gasteiger partial charge < -0.3 is 4.74 Å². The van der Waals surface area contributed by atoms with Gasteiger partial charge in [-0.1, -0.05) is 30.0 Å². The summed E-state index contributed by atoms with van der Waals surface area (Å²) in [5.41, 5.74) is 1.42. The Hall–Kier alpha value is -1.82. The Bertz CT molecular complexity index is 554. The first-order chi connectivity index (χ1) is 8.74. The minimum absolute atomic E-state index is 0.337. The predicted octanol–water partition coefficient (Wildman–Crippen LogP) is 1.83. The van der Waals surface area contributed by atoms with Crippen LogP contribution in [-0.2, 0) is 11.3 Å². The number of ether oxygens (including phenoxy) is 1. The quantitative estimate of drug-likeness (QED) is 0.622. The normalized spacial score (nSPS) is 10.3. The van der Waals surface area contributed by atoms with Crippen LogP contribution in [0.2, 0.25) is 0 Å². The van der Waals surface area contributed by atoms with Crippen molar-refractivity contribution in [3.05, 3.63) is 41.7 Å². The summed E-state index contributed by atoms with van der Waals surface area (Å²) in [6.45, 7) is 0.499. The van der Waals surface area contributed by atoms with Crippen molar-refractivity contribution < 1.29 is 9.53 Å². The summed E-state index contributed by atoms with van der Waals surface area (Å²) >= 11 is 1.48. The van der Waals surface area contributed by atoms with Gasteiger partial charge in [0.05, 0.1) is 19.2 Å². The summed E-state index contributed by atoms with van der Waals surface area (Å²) < 4.78 is 6.45. The Morgan fingerprint density at radius 2 is 2.22 bits per heavy atom. The van der Waals surface area contributed by atoms with E-state index in [1.54, 1.807) is 17.1 Å². The largest absolute Gasteiger partial charge is 0.465 e. The number of carbonyl (C=O) groups excluding carboxylic acids is 1. The lowest BCUT2D eigenvalue weighted by Gasteiger charge is -2.07. The van der Waals surface area contributed by atoms with Gasteiger partial charge in [0, 0.05) is 0 Å². The van der Waals surface area contributed by atoms with Gasteiger partial charge in [-0.25, -0.2) is 14.5 Å². The second-order valence-corrected chi connectivity index (χ2v) is 4.35. The van der Waals surface area contributed by atoms with Crippen LogP contribution < -0.4 is 0 Å². The molecule has 0 amide bonds. The maximum absolute atomic E-state index is 11.6. The topological polar surface area (TPSA) is 57.0 Å². The molecule has 0 radical (unpaired) electrons. The van der Waals surface area contributed by atoms with Crippen molar-refractivity contribution in [2.75, 3.05) is 13.4 Å². The minimum atomic E-state index is -0.337. The number of rotatable bonds is 4. The van der Waals surface area contributed by atoms with Crippen LogP contribution in [0.15, 0.2) is 35.7 Å². The number of carbonyl (C=O) groups is 1. The number of thioether (sulfide) groups is 1. The van der Waals surface area contributed by atoms with Crippen LogP contribution in [0.1, 0.15) is 15.9 Å². The van der Waals surface area contributed by atoms with Gasteiger partial charge in [-0.05, 0) is 17.9 Å². The molecular formula is C12H13N3O2S. The molecule has 0 aliphatic rings. The third-order valence-electron chi connectivity index (χ3n) is 2.45. The van der Waals surface area contributed by atoms with Gasteiger partial charge in [0.25, 0.3) is 0 Å². The summed E-state index contributed by atoms with van der Waals surface area (Å²) in [5, 5.41) is 4.98. The van der Waals surface area contributed by atoms with Gasteiger partial charge in [-0.2, -0.15) is 0 Å².